The third kappa shape index (κ3) is 2.97. The van der Waals surface area contributed by atoms with Gasteiger partial charge < -0.3 is 9.64 Å². The Morgan fingerprint density at radius 1 is 1.19 bits per heavy atom. The molecule has 2 aromatic carbocycles. The Morgan fingerprint density at radius 2 is 1.88 bits per heavy atom. The van der Waals surface area contributed by atoms with Crippen LogP contribution in [0.2, 0.25) is 0 Å². The Kier molecular flexibility index (Phi) is 4.77. The summed E-state index contributed by atoms with van der Waals surface area (Å²) in [4.78, 5) is 13.9. The normalized spacial score (nSPS) is 17.0. The monoisotopic (exact) mass is 374 g/mol. The maximum absolute atomic E-state index is 13.2. The van der Waals surface area contributed by atoms with Crippen molar-refractivity contribution in [2.45, 2.75) is 24.4 Å². The van der Waals surface area contributed by atoms with E-state index in [0.29, 0.717) is 12.3 Å². The van der Waals surface area contributed by atoms with E-state index in [1.807, 2.05) is 31.2 Å². The first-order valence-corrected chi connectivity index (χ1v) is 9.70. The average Bonchev–Trinajstić information content (AvgIpc) is 2.98. The molecule has 0 radical (unpaired) electrons. The molecule has 26 heavy (non-hydrogen) atoms. The SMILES string of the molecule is COc1ccc(S(=O)(=O)N2Cc3ccccc3C2C)cc1C(=O)N(C)C. The van der Waals surface area contributed by atoms with Gasteiger partial charge in [0.25, 0.3) is 5.91 Å². The summed E-state index contributed by atoms with van der Waals surface area (Å²) in [5, 5.41) is 0. The van der Waals surface area contributed by atoms with Crippen LogP contribution in [0.4, 0.5) is 0 Å². The van der Waals surface area contributed by atoms with Crippen LogP contribution in [0.3, 0.4) is 0 Å². The molecule has 1 amide bonds. The van der Waals surface area contributed by atoms with Crippen LogP contribution in [0.5, 0.6) is 5.75 Å². The molecular formula is C19H22N2O4S. The maximum atomic E-state index is 13.2. The summed E-state index contributed by atoms with van der Waals surface area (Å²) in [7, 11) is 0.925. The molecule has 3 rings (SSSR count). The van der Waals surface area contributed by atoms with Crippen LogP contribution < -0.4 is 4.74 Å². The lowest BCUT2D eigenvalue weighted by Gasteiger charge is -2.22. The fourth-order valence-corrected chi connectivity index (χ4v) is 4.85. The second-order valence-electron chi connectivity index (χ2n) is 6.49. The topological polar surface area (TPSA) is 66.9 Å². The lowest BCUT2D eigenvalue weighted by Crippen LogP contribution is -2.29. The van der Waals surface area contributed by atoms with Crippen LogP contribution in [0, 0.1) is 0 Å². The maximum Gasteiger partial charge on any atom is 0.257 e. The molecule has 0 fully saturated rings. The van der Waals surface area contributed by atoms with Crippen LogP contribution >= 0.6 is 0 Å². The number of benzene rings is 2. The zero-order chi connectivity index (χ0) is 19.1. The molecule has 2 aromatic rings. The zero-order valence-electron chi connectivity index (χ0n) is 15.3. The first-order chi connectivity index (χ1) is 12.3. The van der Waals surface area contributed by atoms with E-state index in [1.165, 1.54) is 34.5 Å². The highest BCUT2D eigenvalue weighted by Gasteiger charge is 2.36. The molecule has 1 aliphatic heterocycles. The molecule has 1 aliphatic rings. The number of nitrogens with zero attached hydrogens (tertiary/aromatic N) is 2. The highest BCUT2D eigenvalue weighted by atomic mass is 32.2. The van der Waals surface area contributed by atoms with Gasteiger partial charge in [0.05, 0.1) is 17.6 Å². The van der Waals surface area contributed by atoms with Crippen molar-refractivity contribution in [2.24, 2.45) is 0 Å². The van der Waals surface area contributed by atoms with Gasteiger partial charge >= 0.3 is 0 Å². The van der Waals surface area contributed by atoms with E-state index < -0.39 is 10.0 Å². The fourth-order valence-electron chi connectivity index (χ4n) is 3.23. The van der Waals surface area contributed by atoms with Crippen molar-refractivity contribution >= 4 is 15.9 Å². The zero-order valence-corrected chi connectivity index (χ0v) is 16.1. The molecule has 0 spiro atoms. The number of fused-ring (bicyclic) bond motifs is 1. The minimum atomic E-state index is -3.76. The summed E-state index contributed by atoms with van der Waals surface area (Å²) in [5.74, 6) is 0.0389. The second-order valence-corrected chi connectivity index (χ2v) is 8.38. The summed E-state index contributed by atoms with van der Waals surface area (Å²) in [5.41, 5.74) is 2.23. The van der Waals surface area contributed by atoms with Crippen LogP contribution in [-0.2, 0) is 16.6 Å². The molecule has 0 aliphatic carbocycles. The van der Waals surface area contributed by atoms with Gasteiger partial charge in [0.1, 0.15) is 5.75 Å². The van der Waals surface area contributed by atoms with Crippen molar-refractivity contribution in [2.75, 3.05) is 21.2 Å². The highest BCUT2D eigenvalue weighted by Crippen LogP contribution is 2.38. The largest absolute Gasteiger partial charge is 0.496 e. The predicted octanol–water partition coefficient (Wildman–Crippen LogP) is 2.66. The number of carbonyl (C=O) groups excluding carboxylic acids is 1. The number of hydrogen-bond acceptors (Lipinski definition) is 4. The first-order valence-electron chi connectivity index (χ1n) is 8.26. The lowest BCUT2D eigenvalue weighted by atomic mass is 10.1. The minimum absolute atomic E-state index is 0.0863. The fraction of sp³-hybridized carbons (Fsp3) is 0.316. The number of rotatable bonds is 4. The van der Waals surface area contributed by atoms with E-state index in [1.54, 1.807) is 14.1 Å². The van der Waals surface area contributed by atoms with Gasteiger partial charge in [-0.2, -0.15) is 4.31 Å². The summed E-state index contributed by atoms with van der Waals surface area (Å²) in [6.07, 6.45) is 0. The van der Waals surface area contributed by atoms with Gasteiger partial charge in [-0.25, -0.2) is 8.42 Å². The van der Waals surface area contributed by atoms with Crippen LogP contribution in [-0.4, -0.2) is 44.7 Å². The molecule has 0 saturated heterocycles. The van der Waals surface area contributed by atoms with E-state index in [9.17, 15) is 13.2 Å². The lowest BCUT2D eigenvalue weighted by molar-refractivity contribution is 0.0824. The highest BCUT2D eigenvalue weighted by molar-refractivity contribution is 7.89. The Hall–Kier alpha value is -2.38. The summed E-state index contributed by atoms with van der Waals surface area (Å²) in [6, 6.07) is 11.8. The van der Waals surface area contributed by atoms with E-state index in [2.05, 4.69) is 0 Å². The van der Waals surface area contributed by atoms with Crippen molar-refractivity contribution < 1.29 is 17.9 Å². The molecule has 0 saturated carbocycles. The number of sulfonamides is 1. The Bertz CT molecular complexity index is 954. The van der Waals surface area contributed by atoms with Gasteiger partial charge in [0.15, 0.2) is 0 Å². The summed E-state index contributed by atoms with van der Waals surface area (Å²) >= 11 is 0. The second kappa shape index (κ2) is 6.74. The quantitative estimate of drug-likeness (QED) is 0.825. The molecule has 1 heterocycles. The smallest absolute Gasteiger partial charge is 0.257 e. The molecular weight excluding hydrogens is 352 g/mol. The van der Waals surface area contributed by atoms with Crippen molar-refractivity contribution in [3.8, 4) is 5.75 Å². The third-order valence-corrected chi connectivity index (χ3v) is 6.59. The molecule has 138 valence electrons. The Labute approximate surface area is 154 Å². The molecule has 0 bridgehead atoms. The first kappa shape index (κ1) is 18.4. The number of ether oxygens (including phenoxy) is 1. The predicted molar refractivity (Wildman–Crippen MR) is 98.6 cm³/mol. The van der Waals surface area contributed by atoms with Gasteiger partial charge in [0, 0.05) is 26.7 Å². The van der Waals surface area contributed by atoms with E-state index >= 15 is 0 Å². The van der Waals surface area contributed by atoms with E-state index in [4.69, 9.17) is 4.74 Å². The van der Waals surface area contributed by atoms with Gasteiger partial charge in [-0.1, -0.05) is 24.3 Å². The van der Waals surface area contributed by atoms with Gasteiger partial charge in [0.2, 0.25) is 10.0 Å². The Balaban J connectivity index is 2.04. The molecule has 1 atom stereocenters. The van der Waals surface area contributed by atoms with Crippen molar-refractivity contribution in [1.82, 2.24) is 9.21 Å². The van der Waals surface area contributed by atoms with Crippen LogP contribution in [0.1, 0.15) is 34.5 Å². The number of hydrogen-bond donors (Lipinski definition) is 0. The molecule has 7 heteroatoms. The van der Waals surface area contributed by atoms with Gasteiger partial charge in [-0.15, -0.1) is 0 Å². The summed E-state index contributed by atoms with van der Waals surface area (Å²) in [6.45, 7) is 2.20. The average molecular weight is 374 g/mol. The third-order valence-electron chi connectivity index (χ3n) is 4.68. The number of methoxy groups -OCH3 is 1. The van der Waals surface area contributed by atoms with Crippen molar-refractivity contribution in [3.05, 3.63) is 59.2 Å². The van der Waals surface area contributed by atoms with Crippen molar-refractivity contribution in [1.29, 1.82) is 0 Å². The van der Waals surface area contributed by atoms with Crippen molar-refractivity contribution in [3.63, 3.8) is 0 Å². The molecule has 0 N–H and O–H groups in total. The summed E-state index contributed by atoms with van der Waals surface area (Å²) < 4.78 is 33.1. The molecule has 0 aromatic heterocycles. The number of carbonyl (C=O) groups is 1. The van der Waals surface area contributed by atoms with E-state index in [-0.39, 0.29) is 22.4 Å². The molecule has 1 unspecified atom stereocenters. The van der Waals surface area contributed by atoms with Gasteiger partial charge in [-0.3, -0.25) is 4.79 Å². The van der Waals surface area contributed by atoms with Gasteiger partial charge in [-0.05, 0) is 36.2 Å². The van der Waals surface area contributed by atoms with Crippen LogP contribution in [0.25, 0.3) is 0 Å². The molecule has 6 nitrogen and oxygen atoms in total. The van der Waals surface area contributed by atoms with Crippen LogP contribution in [0.15, 0.2) is 47.4 Å². The van der Waals surface area contributed by atoms with E-state index in [0.717, 1.165) is 11.1 Å². The Morgan fingerprint density at radius 3 is 2.50 bits per heavy atom. The standard InChI is InChI=1S/C19H22N2O4S/c1-13-16-8-6-5-7-14(16)12-21(13)26(23,24)15-9-10-18(25-4)17(11-15)19(22)20(2)3/h5-11,13H,12H2,1-4H3. The minimum Gasteiger partial charge on any atom is -0.496 e. The number of amides is 1.